The predicted octanol–water partition coefficient (Wildman–Crippen LogP) is 2.13. The number of hydrogen-bond acceptors (Lipinski definition) is 4. The van der Waals surface area contributed by atoms with E-state index in [1.807, 2.05) is 6.92 Å². The minimum Gasteiger partial charge on any atom is -0.326 e. The van der Waals surface area contributed by atoms with Crippen molar-refractivity contribution in [2.24, 2.45) is 5.73 Å². The molecule has 7 heteroatoms. The van der Waals surface area contributed by atoms with E-state index < -0.39 is 10.0 Å². The van der Waals surface area contributed by atoms with E-state index in [4.69, 9.17) is 5.73 Å². The molecule has 2 rings (SSSR count). The molecule has 2 aromatic rings. The molecule has 0 radical (unpaired) electrons. The number of benzene rings is 1. The maximum atomic E-state index is 12.8. The zero-order valence-corrected chi connectivity index (χ0v) is 12.5. The molecule has 0 unspecified atom stereocenters. The molecular weight excluding hydrogens is 299 g/mol. The molecule has 0 aliphatic heterocycles. The van der Waals surface area contributed by atoms with Crippen LogP contribution in [0.3, 0.4) is 0 Å². The number of rotatable bonds is 5. The summed E-state index contributed by atoms with van der Waals surface area (Å²) in [5.41, 5.74) is 7.12. The van der Waals surface area contributed by atoms with E-state index in [1.54, 1.807) is 18.2 Å². The van der Waals surface area contributed by atoms with E-state index in [1.165, 1.54) is 23.5 Å². The number of nitrogens with one attached hydrogen (secondary N) is 1. The first kappa shape index (κ1) is 15.1. The fourth-order valence-electron chi connectivity index (χ4n) is 1.68. The third-order valence-electron chi connectivity index (χ3n) is 2.83. The highest BCUT2D eigenvalue weighted by atomic mass is 32.2. The summed E-state index contributed by atoms with van der Waals surface area (Å²) in [4.78, 5) is 0.854. The molecule has 1 aromatic carbocycles. The second-order valence-electron chi connectivity index (χ2n) is 4.33. The first-order valence-electron chi connectivity index (χ1n) is 5.96. The summed E-state index contributed by atoms with van der Waals surface area (Å²) in [7, 11) is -3.56. The smallest absolute Gasteiger partial charge is 0.250 e. The monoisotopic (exact) mass is 314 g/mol. The van der Waals surface area contributed by atoms with Gasteiger partial charge >= 0.3 is 0 Å². The minimum absolute atomic E-state index is 0.123. The fourth-order valence-corrected chi connectivity index (χ4v) is 4.21. The van der Waals surface area contributed by atoms with E-state index >= 15 is 0 Å². The van der Waals surface area contributed by atoms with E-state index in [-0.39, 0.29) is 16.6 Å². The number of hydrogen-bond donors (Lipinski definition) is 2. The molecule has 0 aliphatic rings. The molecule has 0 fully saturated rings. The topological polar surface area (TPSA) is 72.2 Å². The molecular formula is C13H15FN2O2S2. The van der Waals surface area contributed by atoms with E-state index in [9.17, 15) is 12.8 Å². The van der Waals surface area contributed by atoms with Gasteiger partial charge in [0.2, 0.25) is 10.0 Å². The second-order valence-corrected chi connectivity index (χ2v) is 7.46. The van der Waals surface area contributed by atoms with Crippen LogP contribution in [0.1, 0.15) is 16.0 Å². The molecule has 1 aromatic heterocycles. The highest BCUT2D eigenvalue weighted by molar-refractivity contribution is 7.91. The molecule has 0 atom stereocenters. The Balaban J connectivity index is 2.12. The van der Waals surface area contributed by atoms with Crippen LogP contribution in [0, 0.1) is 12.7 Å². The maximum absolute atomic E-state index is 12.8. The summed E-state index contributed by atoms with van der Waals surface area (Å²) in [6.45, 7) is 2.28. The van der Waals surface area contributed by atoms with Crippen LogP contribution in [-0.4, -0.2) is 8.42 Å². The average molecular weight is 314 g/mol. The molecule has 3 N–H and O–H groups in total. The maximum Gasteiger partial charge on any atom is 0.250 e. The molecule has 0 amide bonds. The van der Waals surface area contributed by atoms with Gasteiger partial charge in [-0.15, -0.1) is 11.3 Å². The summed E-state index contributed by atoms with van der Waals surface area (Å²) < 4.78 is 39.8. The Morgan fingerprint density at radius 3 is 2.50 bits per heavy atom. The van der Waals surface area contributed by atoms with E-state index in [0.29, 0.717) is 12.1 Å². The van der Waals surface area contributed by atoms with E-state index in [0.717, 1.165) is 10.4 Å². The van der Waals surface area contributed by atoms with Crippen molar-refractivity contribution in [3.63, 3.8) is 0 Å². The van der Waals surface area contributed by atoms with Crippen LogP contribution in [0.5, 0.6) is 0 Å². The van der Waals surface area contributed by atoms with Crippen LogP contribution in [0.2, 0.25) is 0 Å². The van der Waals surface area contributed by atoms with Gasteiger partial charge in [0.05, 0.1) is 0 Å². The lowest BCUT2D eigenvalue weighted by atomic mass is 10.2. The average Bonchev–Trinajstić information content (AvgIpc) is 2.80. The van der Waals surface area contributed by atoms with Gasteiger partial charge in [-0.3, -0.25) is 0 Å². The Labute approximate surface area is 121 Å². The van der Waals surface area contributed by atoms with Crippen LogP contribution < -0.4 is 10.5 Å². The minimum atomic E-state index is -3.56. The second kappa shape index (κ2) is 6.01. The summed E-state index contributed by atoms with van der Waals surface area (Å²) in [6.07, 6.45) is 0. The van der Waals surface area contributed by atoms with Gasteiger partial charge < -0.3 is 5.73 Å². The molecule has 108 valence electrons. The third kappa shape index (κ3) is 3.43. The van der Waals surface area contributed by atoms with Crippen molar-refractivity contribution in [2.75, 3.05) is 0 Å². The van der Waals surface area contributed by atoms with Crippen molar-refractivity contribution >= 4 is 21.4 Å². The van der Waals surface area contributed by atoms with Crippen LogP contribution in [0.25, 0.3) is 0 Å². The van der Waals surface area contributed by atoms with Crippen molar-refractivity contribution in [3.05, 3.63) is 52.2 Å². The Morgan fingerprint density at radius 1 is 1.30 bits per heavy atom. The van der Waals surface area contributed by atoms with Gasteiger partial charge in [-0.1, -0.05) is 12.1 Å². The van der Waals surface area contributed by atoms with Gasteiger partial charge in [0.1, 0.15) is 10.0 Å². The SMILES string of the molecule is Cc1cc(S(=O)(=O)NCc2ccc(F)cc2)sc1CN. The summed E-state index contributed by atoms with van der Waals surface area (Å²) in [6, 6.07) is 7.29. The number of thiophene rings is 1. The molecule has 0 spiro atoms. The van der Waals surface area contributed by atoms with Crippen molar-refractivity contribution in [2.45, 2.75) is 24.2 Å². The Hall–Kier alpha value is -1.28. The standard InChI is InChI=1S/C13H15FN2O2S2/c1-9-6-13(19-12(9)7-15)20(17,18)16-8-10-2-4-11(14)5-3-10/h2-6,16H,7-8,15H2,1H3. The molecule has 0 bridgehead atoms. The quantitative estimate of drug-likeness (QED) is 0.888. The van der Waals surface area contributed by atoms with Gasteiger partial charge in [0, 0.05) is 18.0 Å². The number of nitrogens with two attached hydrogens (primary N) is 1. The predicted molar refractivity (Wildman–Crippen MR) is 77.4 cm³/mol. The van der Waals surface area contributed by atoms with Gasteiger partial charge in [-0.2, -0.15) is 0 Å². The molecule has 4 nitrogen and oxygen atoms in total. The van der Waals surface area contributed by atoms with Crippen molar-refractivity contribution in [3.8, 4) is 0 Å². The van der Waals surface area contributed by atoms with Crippen LogP contribution >= 0.6 is 11.3 Å². The molecule has 20 heavy (non-hydrogen) atoms. The van der Waals surface area contributed by atoms with Crippen LogP contribution in [0.15, 0.2) is 34.5 Å². The van der Waals surface area contributed by atoms with Gasteiger partial charge in [0.25, 0.3) is 0 Å². The first-order valence-corrected chi connectivity index (χ1v) is 8.26. The van der Waals surface area contributed by atoms with Gasteiger partial charge in [0.15, 0.2) is 0 Å². The molecule has 0 saturated carbocycles. The largest absolute Gasteiger partial charge is 0.326 e. The number of sulfonamides is 1. The number of halogens is 1. The fraction of sp³-hybridized carbons (Fsp3) is 0.231. The summed E-state index contributed by atoms with van der Waals surface area (Å²) >= 11 is 1.17. The van der Waals surface area contributed by atoms with Crippen LogP contribution in [-0.2, 0) is 23.1 Å². The van der Waals surface area contributed by atoms with Crippen molar-refractivity contribution < 1.29 is 12.8 Å². The van der Waals surface area contributed by atoms with Crippen LogP contribution in [0.4, 0.5) is 4.39 Å². The molecule has 0 saturated heterocycles. The molecule has 0 aliphatic carbocycles. The zero-order valence-electron chi connectivity index (χ0n) is 10.9. The Morgan fingerprint density at radius 2 is 1.95 bits per heavy atom. The van der Waals surface area contributed by atoms with Crippen molar-refractivity contribution in [1.29, 1.82) is 0 Å². The third-order valence-corrected chi connectivity index (χ3v) is 5.96. The van der Waals surface area contributed by atoms with Gasteiger partial charge in [-0.25, -0.2) is 17.5 Å². The summed E-state index contributed by atoms with van der Waals surface area (Å²) in [5.74, 6) is -0.349. The normalized spacial score (nSPS) is 11.8. The lowest BCUT2D eigenvalue weighted by molar-refractivity contribution is 0.583. The van der Waals surface area contributed by atoms with Crippen molar-refractivity contribution in [1.82, 2.24) is 4.72 Å². The van der Waals surface area contributed by atoms with E-state index in [2.05, 4.69) is 4.72 Å². The zero-order chi connectivity index (χ0) is 14.8. The lowest BCUT2D eigenvalue weighted by Gasteiger charge is -2.04. The lowest BCUT2D eigenvalue weighted by Crippen LogP contribution is -2.22. The Kier molecular flexibility index (Phi) is 4.54. The van der Waals surface area contributed by atoms with Gasteiger partial charge in [-0.05, 0) is 36.2 Å². The number of aryl methyl sites for hydroxylation is 1. The molecule has 1 heterocycles. The summed E-state index contributed by atoms with van der Waals surface area (Å²) in [5, 5.41) is 0. The Bertz CT molecular complexity index is 694. The highest BCUT2D eigenvalue weighted by Crippen LogP contribution is 2.25. The first-order chi connectivity index (χ1) is 9.42. The highest BCUT2D eigenvalue weighted by Gasteiger charge is 2.18.